The van der Waals surface area contributed by atoms with E-state index in [0.717, 1.165) is 11.3 Å². The van der Waals surface area contributed by atoms with Crippen molar-refractivity contribution in [1.82, 2.24) is 4.90 Å². The van der Waals surface area contributed by atoms with Crippen LogP contribution in [0.3, 0.4) is 0 Å². The maximum Gasteiger partial charge on any atom is 0.227 e. The summed E-state index contributed by atoms with van der Waals surface area (Å²) < 4.78 is 0. The molecule has 1 amide bonds. The molecule has 0 bridgehead atoms. The molecule has 1 unspecified atom stereocenters. The van der Waals surface area contributed by atoms with Gasteiger partial charge in [0.25, 0.3) is 0 Å². The minimum atomic E-state index is 0.0484. The molecule has 20 heavy (non-hydrogen) atoms. The highest BCUT2D eigenvalue weighted by Gasteiger charge is 2.25. The van der Waals surface area contributed by atoms with Gasteiger partial charge in [-0.2, -0.15) is 0 Å². The Balaban J connectivity index is 2.00. The van der Waals surface area contributed by atoms with E-state index in [2.05, 4.69) is 5.16 Å². The molecule has 0 aliphatic carbocycles. The molecule has 2 rings (SSSR count). The molecule has 1 atom stereocenters. The van der Waals surface area contributed by atoms with Crippen LogP contribution in [0, 0.1) is 5.92 Å². The van der Waals surface area contributed by atoms with Crippen molar-refractivity contribution in [3.8, 4) is 0 Å². The van der Waals surface area contributed by atoms with Crippen LogP contribution in [-0.4, -0.2) is 34.8 Å². The third-order valence-corrected chi connectivity index (χ3v) is 4.26. The average Bonchev–Trinajstić information content (AvgIpc) is 2.42. The molecule has 0 spiro atoms. The third kappa shape index (κ3) is 3.44. The van der Waals surface area contributed by atoms with Gasteiger partial charge < -0.3 is 10.1 Å². The highest BCUT2D eigenvalue weighted by molar-refractivity contribution is 6.42. The van der Waals surface area contributed by atoms with Gasteiger partial charge in [-0.25, -0.2) is 0 Å². The molecule has 1 aliphatic rings. The van der Waals surface area contributed by atoms with E-state index < -0.39 is 0 Å². The number of halogens is 2. The minimum absolute atomic E-state index is 0.0484. The van der Waals surface area contributed by atoms with Crippen molar-refractivity contribution in [2.45, 2.75) is 19.8 Å². The van der Waals surface area contributed by atoms with Crippen LogP contribution in [-0.2, 0) is 11.2 Å². The van der Waals surface area contributed by atoms with E-state index in [0.29, 0.717) is 36.0 Å². The number of amides is 1. The number of carbonyl (C=O) groups is 1. The standard InChI is InChI=1S/C14H16Cl2N2O2/c1-9-8-18(5-4-13(9)17-20)14(19)7-10-2-3-11(15)12(16)6-10/h2-3,6,9,20H,4-5,7-8H2,1H3/b17-13+. The lowest BCUT2D eigenvalue weighted by Crippen LogP contribution is -2.43. The predicted octanol–water partition coefficient (Wildman–Crippen LogP) is 3.23. The fourth-order valence-electron chi connectivity index (χ4n) is 2.33. The summed E-state index contributed by atoms with van der Waals surface area (Å²) >= 11 is 11.8. The summed E-state index contributed by atoms with van der Waals surface area (Å²) in [6, 6.07) is 5.22. The number of carbonyl (C=O) groups excluding carboxylic acids is 1. The van der Waals surface area contributed by atoms with Crippen LogP contribution in [0.5, 0.6) is 0 Å². The molecule has 0 radical (unpaired) electrons. The summed E-state index contributed by atoms with van der Waals surface area (Å²) in [6.07, 6.45) is 0.917. The summed E-state index contributed by atoms with van der Waals surface area (Å²) in [5.74, 6) is 0.138. The first-order valence-electron chi connectivity index (χ1n) is 6.43. The Morgan fingerprint density at radius 3 is 2.80 bits per heavy atom. The number of oxime groups is 1. The lowest BCUT2D eigenvalue weighted by Gasteiger charge is -2.31. The number of likely N-dealkylation sites (tertiary alicyclic amines) is 1. The van der Waals surface area contributed by atoms with Crippen LogP contribution >= 0.6 is 23.2 Å². The first-order valence-corrected chi connectivity index (χ1v) is 7.19. The largest absolute Gasteiger partial charge is 0.411 e. The molecule has 1 aromatic carbocycles. The highest BCUT2D eigenvalue weighted by atomic mass is 35.5. The van der Waals surface area contributed by atoms with Gasteiger partial charge in [0.2, 0.25) is 5.91 Å². The Morgan fingerprint density at radius 1 is 1.45 bits per heavy atom. The van der Waals surface area contributed by atoms with Crippen LogP contribution in [0.15, 0.2) is 23.4 Å². The topological polar surface area (TPSA) is 52.9 Å². The molecule has 1 aliphatic heterocycles. The van der Waals surface area contributed by atoms with Crippen molar-refractivity contribution >= 4 is 34.8 Å². The van der Waals surface area contributed by atoms with Crippen LogP contribution in [0.1, 0.15) is 18.9 Å². The van der Waals surface area contributed by atoms with E-state index >= 15 is 0 Å². The van der Waals surface area contributed by atoms with Crippen molar-refractivity contribution in [1.29, 1.82) is 0 Å². The SMILES string of the molecule is CC1CN(C(=O)Cc2ccc(Cl)c(Cl)c2)CC/C1=N\O. The van der Waals surface area contributed by atoms with E-state index in [4.69, 9.17) is 28.4 Å². The quantitative estimate of drug-likeness (QED) is 0.673. The van der Waals surface area contributed by atoms with E-state index in [1.165, 1.54) is 0 Å². The maximum atomic E-state index is 12.3. The number of hydrogen-bond acceptors (Lipinski definition) is 3. The van der Waals surface area contributed by atoms with Gasteiger partial charge in [-0.05, 0) is 17.7 Å². The lowest BCUT2D eigenvalue weighted by molar-refractivity contribution is -0.131. The summed E-state index contributed by atoms with van der Waals surface area (Å²) in [5.41, 5.74) is 1.60. The molecule has 0 saturated carbocycles. The van der Waals surface area contributed by atoms with Gasteiger partial charge in [-0.3, -0.25) is 4.79 Å². The number of hydrogen-bond donors (Lipinski definition) is 1. The highest BCUT2D eigenvalue weighted by Crippen LogP contribution is 2.23. The van der Waals surface area contributed by atoms with Gasteiger partial charge in [0.15, 0.2) is 0 Å². The van der Waals surface area contributed by atoms with Gasteiger partial charge in [-0.15, -0.1) is 0 Å². The van der Waals surface area contributed by atoms with Crippen LogP contribution in [0.4, 0.5) is 0 Å². The van der Waals surface area contributed by atoms with Gasteiger partial charge in [0.1, 0.15) is 0 Å². The Morgan fingerprint density at radius 2 is 2.20 bits per heavy atom. The fraction of sp³-hybridized carbons (Fsp3) is 0.429. The van der Waals surface area contributed by atoms with Crippen LogP contribution in [0.25, 0.3) is 0 Å². The van der Waals surface area contributed by atoms with E-state index in [9.17, 15) is 4.79 Å². The second kappa shape index (κ2) is 6.46. The predicted molar refractivity (Wildman–Crippen MR) is 79.7 cm³/mol. The van der Waals surface area contributed by atoms with Crippen molar-refractivity contribution in [2.24, 2.45) is 11.1 Å². The van der Waals surface area contributed by atoms with E-state index in [1.54, 1.807) is 23.1 Å². The molecule has 6 heteroatoms. The molecule has 1 saturated heterocycles. The van der Waals surface area contributed by atoms with Crippen LogP contribution in [0.2, 0.25) is 10.0 Å². The monoisotopic (exact) mass is 314 g/mol. The first kappa shape index (κ1) is 15.1. The van der Waals surface area contributed by atoms with Gasteiger partial charge in [0, 0.05) is 25.4 Å². The zero-order valence-corrected chi connectivity index (χ0v) is 12.7. The molecule has 108 valence electrons. The summed E-state index contributed by atoms with van der Waals surface area (Å²) in [5, 5.41) is 13.1. The molecule has 1 fully saturated rings. The zero-order chi connectivity index (χ0) is 14.7. The van der Waals surface area contributed by atoms with Gasteiger partial charge >= 0.3 is 0 Å². The van der Waals surface area contributed by atoms with Crippen molar-refractivity contribution in [2.75, 3.05) is 13.1 Å². The average molecular weight is 315 g/mol. The number of benzene rings is 1. The Labute approximate surface area is 128 Å². The third-order valence-electron chi connectivity index (χ3n) is 3.52. The molecule has 1 heterocycles. The normalized spacial score (nSPS) is 21.2. The van der Waals surface area contributed by atoms with Crippen molar-refractivity contribution in [3.05, 3.63) is 33.8 Å². The smallest absolute Gasteiger partial charge is 0.227 e. The molecule has 0 aromatic heterocycles. The Kier molecular flexibility index (Phi) is 4.89. The van der Waals surface area contributed by atoms with Crippen molar-refractivity contribution in [3.63, 3.8) is 0 Å². The zero-order valence-electron chi connectivity index (χ0n) is 11.1. The first-order chi connectivity index (χ1) is 9.51. The molecule has 1 N–H and O–H groups in total. The summed E-state index contributed by atoms with van der Waals surface area (Å²) in [7, 11) is 0. The number of nitrogens with zero attached hydrogens (tertiary/aromatic N) is 2. The molecular formula is C14H16Cl2N2O2. The number of piperidine rings is 1. The van der Waals surface area contributed by atoms with Gasteiger partial charge in [-0.1, -0.05) is 41.3 Å². The molecular weight excluding hydrogens is 299 g/mol. The van der Waals surface area contributed by atoms with E-state index in [-0.39, 0.29) is 11.8 Å². The fourth-order valence-corrected chi connectivity index (χ4v) is 2.65. The number of rotatable bonds is 2. The van der Waals surface area contributed by atoms with Gasteiger partial charge in [0.05, 0.1) is 22.2 Å². The maximum absolute atomic E-state index is 12.3. The van der Waals surface area contributed by atoms with Crippen molar-refractivity contribution < 1.29 is 10.0 Å². The second-order valence-electron chi connectivity index (χ2n) is 5.01. The van der Waals surface area contributed by atoms with E-state index in [1.807, 2.05) is 6.92 Å². The lowest BCUT2D eigenvalue weighted by atomic mass is 9.97. The summed E-state index contributed by atoms with van der Waals surface area (Å²) in [6.45, 7) is 3.12. The van der Waals surface area contributed by atoms with Crippen LogP contribution < -0.4 is 0 Å². The Bertz CT molecular complexity index is 546. The second-order valence-corrected chi connectivity index (χ2v) is 5.82. The minimum Gasteiger partial charge on any atom is -0.411 e. The summed E-state index contributed by atoms with van der Waals surface area (Å²) in [4.78, 5) is 14.0. The Hall–Kier alpha value is -1.26. The molecule has 1 aromatic rings. The molecule has 4 nitrogen and oxygen atoms in total.